The topological polar surface area (TPSA) is 88.0 Å². The lowest BCUT2D eigenvalue weighted by atomic mass is 10.2. The van der Waals surface area contributed by atoms with Crippen LogP contribution in [-0.2, 0) is 0 Å². The molecule has 1 aromatic carbocycles. The van der Waals surface area contributed by atoms with Crippen molar-refractivity contribution in [2.24, 2.45) is 5.10 Å². The number of carbonyl (C=O) groups is 1. The Balaban J connectivity index is 1.48. The van der Waals surface area contributed by atoms with Gasteiger partial charge in [0.2, 0.25) is 0 Å². The Morgan fingerprint density at radius 3 is 2.79 bits per heavy atom. The Labute approximate surface area is 165 Å². The lowest BCUT2D eigenvalue weighted by molar-refractivity contribution is 0.0950. The molecule has 0 unspecified atom stereocenters. The van der Waals surface area contributed by atoms with Gasteiger partial charge in [0, 0.05) is 5.56 Å². The van der Waals surface area contributed by atoms with Crippen LogP contribution in [-0.4, -0.2) is 32.1 Å². The molecule has 8 heteroatoms. The maximum Gasteiger partial charge on any atom is 0.291 e. The van der Waals surface area contributed by atoms with Crippen LogP contribution >= 0.6 is 11.3 Å². The minimum absolute atomic E-state index is 0.286. The van der Waals surface area contributed by atoms with Crippen LogP contribution in [0.5, 0.6) is 0 Å². The molecular weight excluding hydrogens is 372 g/mol. The van der Waals surface area contributed by atoms with E-state index in [1.54, 1.807) is 23.6 Å². The molecule has 0 saturated carbocycles. The van der Waals surface area contributed by atoms with E-state index in [2.05, 4.69) is 25.8 Å². The molecule has 0 aliphatic heterocycles. The average Bonchev–Trinajstić information content (AvgIpc) is 3.45. The van der Waals surface area contributed by atoms with Crippen molar-refractivity contribution >= 4 is 23.5 Å². The standard InChI is InChI=1S/C20H18N6OS/c1-13-16(14(2)26(25-13)15-7-4-3-5-8-15)12-21-24-20(27)18-11-17(22-23-18)19-9-6-10-28-19/h3-12H,1-2H3,(H,22,23)(H,24,27)/b21-12-. The second kappa shape index (κ2) is 7.61. The predicted molar refractivity (Wildman–Crippen MR) is 110 cm³/mol. The molecule has 28 heavy (non-hydrogen) atoms. The van der Waals surface area contributed by atoms with E-state index in [-0.39, 0.29) is 11.6 Å². The number of amides is 1. The number of carbonyl (C=O) groups excluding carboxylic acids is 1. The van der Waals surface area contributed by atoms with E-state index in [0.29, 0.717) is 0 Å². The number of thiophene rings is 1. The molecule has 3 heterocycles. The van der Waals surface area contributed by atoms with E-state index in [1.807, 2.05) is 66.4 Å². The summed E-state index contributed by atoms with van der Waals surface area (Å²) in [6.07, 6.45) is 1.61. The molecule has 0 atom stereocenters. The highest BCUT2D eigenvalue weighted by molar-refractivity contribution is 7.13. The number of hydrazone groups is 1. The van der Waals surface area contributed by atoms with E-state index in [1.165, 1.54) is 0 Å². The normalized spacial score (nSPS) is 11.2. The molecule has 0 bridgehead atoms. The van der Waals surface area contributed by atoms with Gasteiger partial charge in [-0.05, 0) is 43.5 Å². The summed E-state index contributed by atoms with van der Waals surface area (Å²) in [7, 11) is 0. The van der Waals surface area contributed by atoms with Gasteiger partial charge in [-0.1, -0.05) is 24.3 Å². The molecule has 1 amide bonds. The van der Waals surface area contributed by atoms with E-state index >= 15 is 0 Å². The second-order valence-electron chi connectivity index (χ2n) is 6.18. The first-order chi connectivity index (χ1) is 13.6. The van der Waals surface area contributed by atoms with Crippen LogP contribution in [0.3, 0.4) is 0 Å². The number of nitrogens with one attached hydrogen (secondary N) is 2. The third-order valence-corrected chi connectivity index (χ3v) is 5.21. The molecule has 4 aromatic rings. The number of rotatable bonds is 5. The summed E-state index contributed by atoms with van der Waals surface area (Å²) < 4.78 is 1.86. The predicted octanol–water partition coefficient (Wildman–Crippen LogP) is 3.70. The Morgan fingerprint density at radius 2 is 2.04 bits per heavy atom. The summed E-state index contributed by atoms with van der Waals surface area (Å²) in [6, 6.07) is 15.5. The van der Waals surface area contributed by atoms with Gasteiger partial charge in [-0.3, -0.25) is 9.89 Å². The van der Waals surface area contributed by atoms with E-state index in [9.17, 15) is 4.79 Å². The number of hydrogen-bond donors (Lipinski definition) is 2. The summed E-state index contributed by atoms with van der Waals surface area (Å²) >= 11 is 1.58. The molecule has 0 aliphatic rings. The van der Waals surface area contributed by atoms with Gasteiger partial charge < -0.3 is 0 Å². The fourth-order valence-corrected chi connectivity index (χ4v) is 3.56. The molecule has 140 valence electrons. The molecule has 7 nitrogen and oxygen atoms in total. The van der Waals surface area contributed by atoms with E-state index in [4.69, 9.17) is 0 Å². The average molecular weight is 390 g/mol. The molecule has 0 saturated heterocycles. The minimum atomic E-state index is -0.374. The van der Waals surface area contributed by atoms with Gasteiger partial charge in [0.1, 0.15) is 0 Å². The lowest BCUT2D eigenvalue weighted by Gasteiger charge is -2.03. The molecular formula is C20H18N6OS. The number of aryl methyl sites for hydroxylation is 1. The number of aromatic nitrogens is 4. The summed E-state index contributed by atoms with van der Waals surface area (Å²) in [6.45, 7) is 3.88. The number of benzene rings is 1. The number of H-pyrrole nitrogens is 1. The number of aromatic amines is 1. The van der Waals surface area contributed by atoms with E-state index < -0.39 is 0 Å². The lowest BCUT2D eigenvalue weighted by Crippen LogP contribution is -2.18. The van der Waals surface area contributed by atoms with Crippen molar-refractivity contribution in [3.63, 3.8) is 0 Å². The van der Waals surface area contributed by atoms with Crippen LogP contribution in [0.2, 0.25) is 0 Å². The maximum atomic E-state index is 12.3. The van der Waals surface area contributed by atoms with Gasteiger partial charge in [0.05, 0.1) is 33.9 Å². The summed E-state index contributed by atoms with van der Waals surface area (Å²) in [5.41, 5.74) is 7.24. The third kappa shape index (κ3) is 3.49. The summed E-state index contributed by atoms with van der Waals surface area (Å²) in [5.74, 6) is -0.374. The van der Waals surface area contributed by atoms with Crippen molar-refractivity contribution in [2.45, 2.75) is 13.8 Å². The number of para-hydroxylation sites is 1. The highest BCUT2D eigenvalue weighted by Crippen LogP contribution is 2.22. The van der Waals surface area contributed by atoms with Crippen molar-refractivity contribution in [1.82, 2.24) is 25.4 Å². The van der Waals surface area contributed by atoms with Crippen molar-refractivity contribution in [2.75, 3.05) is 0 Å². The van der Waals surface area contributed by atoms with Gasteiger partial charge >= 0.3 is 0 Å². The van der Waals surface area contributed by atoms with Crippen LogP contribution < -0.4 is 5.43 Å². The van der Waals surface area contributed by atoms with Gasteiger partial charge in [-0.2, -0.15) is 15.3 Å². The van der Waals surface area contributed by atoms with Crippen LogP contribution in [0.25, 0.3) is 16.3 Å². The quantitative estimate of drug-likeness (QED) is 0.402. The molecule has 2 N–H and O–H groups in total. The first-order valence-electron chi connectivity index (χ1n) is 8.68. The Hall–Kier alpha value is -3.52. The maximum absolute atomic E-state index is 12.3. The molecule has 0 radical (unpaired) electrons. The highest BCUT2D eigenvalue weighted by atomic mass is 32.1. The molecule has 3 aromatic heterocycles. The van der Waals surface area contributed by atoms with Crippen molar-refractivity contribution in [3.05, 3.63) is 76.6 Å². The number of hydrogen-bond acceptors (Lipinski definition) is 5. The Morgan fingerprint density at radius 1 is 1.21 bits per heavy atom. The van der Waals surface area contributed by atoms with Crippen LogP contribution in [0.4, 0.5) is 0 Å². The van der Waals surface area contributed by atoms with Gasteiger partial charge in [0.25, 0.3) is 5.91 Å². The fourth-order valence-electron chi connectivity index (χ4n) is 2.87. The van der Waals surface area contributed by atoms with Crippen LogP contribution in [0.1, 0.15) is 27.4 Å². The Bertz CT molecular complexity index is 1130. The second-order valence-corrected chi connectivity index (χ2v) is 7.12. The van der Waals surface area contributed by atoms with Crippen LogP contribution in [0, 0.1) is 13.8 Å². The largest absolute Gasteiger partial charge is 0.291 e. The van der Waals surface area contributed by atoms with Crippen LogP contribution in [0.15, 0.2) is 59.0 Å². The van der Waals surface area contributed by atoms with E-state index in [0.717, 1.165) is 33.2 Å². The monoisotopic (exact) mass is 390 g/mol. The third-order valence-electron chi connectivity index (χ3n) is 4.30. The number of nitrogens with zero attached hydrogens (tertiary/aromatic N) is 4. The van der Waals surface area contributed by atoms with Gasteiger partial charge in [-0.25, -0.2) is 10.1 Å². The minimum Gasteiger partial charge on any atom is -0.276 e. The smallest absolute Gasteiger partial charge is 0.276 e. The molecule has 0 fully saturated rings. The van der Waals surface area contributed by atoms with Crippen molar-refractivity contribution in [1.29, 1.82) is 0 Å². The zero-order valence-electron chi connectivity index (χ0n) is 15.4. The van der Waals surface area contributed by atoms with Gasteiger partial charge in [0.15, 0.2) is 5.69 Å². The zero-order valence-corrected chi connectivity index (χ0v) is 16.2. The SMILES string of the molecule is Cc1nn(-c2ccccc2)c(C)c1/C=N\NC(=O)c1cc(-c2cccs2)[nH]n1. The zero-order chi connectivity index (χ0) is 19.5. The van der Waals surface area contributed by atoms with Crippen molar-refractivity contribution in [3.8, 4) is 16.3 Å². The van der Waals surface area contributed by atoms with Gasteiger partial charge in [-0.15, -0.1) is 11.3 Å². The highest BCUT2D eigenvalue weighted by Gasteiger charge is 2.13. The van der Waals surface area contributed by atoms with Crippen molar-refractivity contribution < 1.29 is 4.79 Å². The first-order valence-corrected chi connectivity index (χ1v) is 9.56. The molecule has 0 aliphatic carbocycles. The summed E-state index contributed by atoms with van der Waals surface area (Å²) in [5, 5.41) is 17.6. The summed E-state index contributed by atoms with van der Waals surface area (Å²) in [4.78, 5) is 13.3. The fraction of sp³-hybridized carbons (Fsp3) is 0.100. The molecule has 0 spiro atoms. The first kappa shape index (κ1) is 17.9. The Kier molecular flexibility index (Phi) is 4.86. The molecule has 4 rings (SSSR count).